The highest BCUT2D eigenvalue weighted by atomic mass is 16.3. The topological polar surface area (TPSA) is 120 Å². The lowest BCUT2D eigenvalue weighted by molar-refractivity contribution is -0.131. The number of rotatable bonds is 7. The number of nitrogens with zero attached hydrogens (tertiary/aromatic N) is 6. The molecule has 1 aliphatic carbocycles. The number of amides is 1. The number of hydrogen-bond acceptors (Lipinski definition) is 8. The summed E-state index contributed by atoms with van der Waals surface area (Å²) in [7, 11) is 0. The number of hydrogen-bond donors (Lipinski definition) is 1. The van der Waals surface area contributed by atoms with Crippen molar-refractivity contribution in [3.63, 3.8) is 0 Å². The maximum atomic E-state index is 12.1. The minimum Gasteiger partial charge on any atom is -0.459 e. The van der Waals surface area contributed by atoms with E-state index in [4.69, 9.17) is 24.6 Å². The van der Waals surface area contributed by atoms with Crippen molar-refractivity contribution in [2.75, 3.05) is 26.2 Å². The third kappa shape index (κ3) is 5.75. The van der Waals surface area contributed by atoms with E-state index in [9.17, 15) is 4.79 Å². The summed E-state index contributed by atoms with van der Waals surface area (Å²) >= 11 is 0. The number of furan rings is 1. The van der Waals surface area contributed by atoms with E-state index in [2.05, 4.69) is 17.2 Å². The molecule has 4 rings (SSSR count). The molecule has 0 unspecified atom stereocenters. The molecule has 9 nitrogen and oxygen atoms in total. The molecule has 0 aromatic carbocycles. The van der Waals surface area contributed by atoms with E-state index < -0.39 is 0 Å². The number of nitrogens with one attached hydrogen (secondary N) is 1. The zero-order valence-corrected chi connectivity index (χ0v) is 19.9. The normalized spacial score (nSPS) is 15.6. The van der Waals surface area contributed by atoms with E-state index in [0.29, 0.717) is 31.2 Å². The van der Waals surface area contributed by atoms with E-state index in [-0.39, 0.29) is 12.3 Å². The standard InChI is InChI=1S/C25H31N7O2/c1-3-27-11-12-28-19-4-6-20(7-5-19)30-25-29-15-17(2)24(31-25)22-14-18-16-32(23(33)8-10-26)13-9-21(18)34-22/h14-15,27H,3-9,11-13,16H2,1-2H3. The fourth-order valence-corrected chi connectivity index (χ4v) is 4.29. The van der Waals surface area contributed by atoms with Crippen molar-refractivity contribution in [2.24, 2.45) is 9.98 Å². The Morgan fingerprint density at radius 2 is 2.06 bits per heavy atom. The first-order valence-electron chi connectivity index (χ1n) is 12.0. The number of nitriles is 1. The van der Waals surface area contributed by atoms with Crippen LogP contribution in [0.3, 0.4) is 0 Å². The van der Waals surface area contributed by atoms with Crippen LogP contribution in [0.4, 0.5) is 5.95 Å². The molecule has 2 aliphatic rings. The quantitative estimate of drug-likeness (QED) is 0.630. The van der Waals surface area contributed by atoms with E-state index in [1.54, 1.807) is 11.1 Å². The van der Waals surface area contributed by atoms with Gasteiger partial charge in [0.05, 0.1) is 12.6 Å². The van der Waals surface area contributed by atoms with Crippen LogP contribution in [0.2, 0.25) is 0 Å². The van der Waals surface area contributed by atoms with Gasteiger partial charge in [0, 0.05) is 49.2 Å². The minimum absolute atomic E-state index is 0.0990. The van der Waals surface area contributed by atoms with Crippen molar-refractivity contribution in [1.82, 2.24) is 20.2 Å². The van der Waals surface area contributed by atoms with Gasteiger partial charge in [0.15, 0.2) is 5.76 Å². The van der Waals surface area contributed by atoms with Crippen LogP contribution in [-0.2, 0) is 17.8 Å². The lowest BCUT2D eigenvalue weighted by atomic mass is 9.96. The van der Waals surface area contributed by atoms with Gasteiger partial charge >= 0.3 is 0 Å². The number of likely N-dealkylation sites (N-methyl/N-ethyl adjacent to an activating group) is 1. The molecule has 2 aromatic heterocycles. The van der Waals surface area contributed by atoms with E-state index in [0.717, 1.165) is 73.6 Å². The first kappa shape index (κ1) is 23.8. The highest BCUT2D eigenvalue weighted by molar-refractivity contribution is 5.98. The highest BCUT2D eigenvalue weighted by Gasteiger charge is 2.25. The largest absolute Gasteiger partial charge is 0.459 e. The molecule has 34 heavy (non-hydrogen) atoms. The van der Waals surface area contributed by atoms with Crippen LogP contribution >= 0.6 is 0 Å². The van der Waals surface area contributed by atoms with Gasteiger partial charge in [-0.2, -0.15) is 5.26 Å². The van der Waals surface area contributed by atoms with Gasteiger partial charge in [0.25, 0.3) is 0 Å². The molecular weight excluding hydrogens is 430 g/mol. The second-order valence-electron chi connectivity index (χ2n) is 8.64. The summed E-state index contributed by atoms with van der Waals surface area (Å²) in [5, 5.41) is 12.1. The molecule has 0 spiro atoms. The molecule has 1 N–H and O–H groups in total. The van der Waals surface area contributed by atoms with Crippen LogP contribution in [0.1, 0.15) is 55.9 Å². The molecule has 9 heteroatoms. The Morgan fingerprint density at radius 1 is 1.26 bits per heavy atom. The Hall–Kier alpha value is -3.38. The number of carbonyl (C=O) groups is 1. The Kier molecular flexibility index (Phi) is 7.80. The average molecular weight is 462 g/mol. The van der Waals surface area contributed by atoms with Gasteiger partial charge < -0.3 is 14.6 Å². The molecule has 2 aromatic rings. The second-order valence-corrected chi connectivity index (χ2v) is 8.64. The summed E-state index contributed by atoms with van der Waals surface area (Å²) in [5.41, 5.74) is 4.97. The molecule has 1 saturated carbocycles. The summed E-state index contributed by atoms with van der Waals surface area (Å²) in [6.45, 7) is 7.79. The van der Waals surface area contributed by atoms with Crippen molar-refractivity contribution in [3.8, 4) is 17.5 Å². The first-order valence-corrected chi connectivity index (χ1v) is 12.0. The van der Waals surface area contributed by atoms with Crippen LogP contribution in [-0.4, -0.2) is 58.4 Å². The van der Waals surface area contributed by atoms with Crippen LogP contribution in [0, 0.1) is 18.3 Å². The number of aromatic nitrogens is 2. The van der Waals surface area contributed by atoms with Gasteiger partial charge in [-0.25, -0.2) is 15.0 Å². The van der Waals surface area contributed by atoms with Gasteiger partial charge in [0.2, 0.25) is 11.9 Å². The lowest BCUT2D eigenvalue weighted by Crippen LogP contribution is -2.35. The van der Waals surface area contributed by atoms with Crippen molar-refractivity contribution >= 4 is 23.3 Å². The minimum atomic E-state index is -0.148. The van der Waals surface area contributed by atoms with Gasteiger partial charge in [-0.05, 0) is 50.8 Å². The maximum Gasteiger partial charge on any atom is 0.249 e. The molecule has 1 aliphatic heterocycles. The van der Waals surface area contributed by atoms with Crippen LogP contribution in [0.5, 0.6) is 0 Å². The van der Waals surface area contributed by atoms with Gasteiger partial charge in [0.1, 0.15) is 17.9 Å². The highest BCUT2D eigenvalue weighted by Crippen LogP contribution is 2.31. The predicted molar refractivity (Wildman–Crippen MR) is 130 cm³/mol. The summed E-state index contributed by atoms with van der Waals surface area (Å²) in [4.78, 5) is 32.4. The van der Waals surface area contributed by atoms with Crippen molar-refractivity contribution in [2.45, 2.75) is 58.9 Å². The molecule has 0 saturated heterocycles. The SMILES string of the molecule is CCNCCN=C1CCC(=Nc2ncc(C)c(-c3cc4c(o3)CCN(C(=O)CC#N)C4)n2)CC1. The maximum absolute atomic E-state index is 12.1. The first-order chi connectivity index (χ1) is 16.6. The number of carbonyl (C=O) groups excluding carboxylic acids is 1. The zero-order chi connectivity index (χ0) is 23.9. The Balaban J connectivity index is 1.45. The van der Waals surface area contributed by atoms with Crippen LogP contribution < -0.4 is 5.32 Å². The molecule has 0 bridgehead atoms. The predicted octanol–water partition coefficient (Wildman–Crippen LogP) is 3.54. The summed E-state index contributed by atoms with van der Waals surface area (Å²) in [5.74, 6) is 1.84. The third-order valence-electron chi connectivity index (χ3n) is 6.18. The van der Waals surface area contributed by atoms with Gasteiger partial charge in [-0.1, -0.05) is 6.92 Å². The zero-order valence-electron chi connectivity index (χ0n) is 19.9. The fourth-order valence-electron chi connectivity index (χ4n) is 4.29. The molecule has 0 radical (unpaired) electrons. The Labute approximate surface area is 200 Å². The van der Waals surface area contributed by atoms with E-state index in [1.165, 1.54) is 5.71 Å². The Bertz CT molecular complexity index is 1130. The fraction of sp³-hybridized carbons (Fsp3) is 0.520. The number of aliphatic imine (C=N–C) groups is 2. The molecule has 1 fully saturated rings. The summed E-state index contributed by atoms with van der Waals surface area (Å²) < 4.78 is 6.11. The van der Waals surface area contributed by atoms with Crippen molar-refractivity contribution in [3.05, 3.63) is 29.2 Å². The lowest BCUT2D eigenvalue weighted by Gasteiger charge is -2.25. The number of fused-ring (bicyclic) bond motifs is 1. The van der Waals surface area contributed by atoms with Crippen molar-refractivity contribution in [1.29, 1.82) is 5.26 Å². The second kappa shape index (κ2) is 11.2. The monoisotopic (exact) mass is 461 g/mol. The average Bonchev–Trinajstić information content (AvgIpc) is 3.27. The molecule has 178 valence electrons. The number of aryl methyl sites for hydroxylation is 1. The van der Waals surface area contributed by atoms with Gasteiger partial charge in [-0.3, -0.25) is 9.79 Å². The summed E-state index contributed by atoms with van der Waals surface area (Å²) in [6.07, 6.45) is 5.96. The molecule has 3 heterocycles. The van der Waals surface area contributed by atoms with E-state index in [1.807, 2.05) is 19.1 Å². The Morgan fingerprint density at radius 3 is 2.82 bits per heavy atom. The van der Waals surface area contributed by atoms with Crippen LogP contribution in [0.15, 0.2) is 26.7 Å². The van der Waals surface area contributed by atoms with Crippen molar-refractivity contribution < 1.29 is 9.21 Å². The molecular formula is C25H31N7O2. The van der Waals surface area contributed by atoms with Gasteiger partial charge in [-0.15, -0.1) is 0 Å². The van der Waals surface area contributed by atoms with Crippen LogP contribution in [0.25, 0.3) is 11.5 Å². The third-order valence-corrected chi connectivity index (χ3v) is 6.18. The van der Waals surface area contributed by atoms with E-state index >= 15 is 0 Å². The smallest absolute Gasteiger partial charge is 0.249 e. The molecule has 1 amide bonds. The summed E-state index contributed by atoms with van der Waals surface area (Å²) in [6, 6.07) is 3.88. The molecule has 0 atom stereocenters.